The van der Waals surface area contributed by atoms with Crippen LogP contribution in [0, 0.1) is 0 Å². The van der Waals surface area contributed by atoms with Crippen molar-refractivity contribution in [2.24, 2.45) is 5.73 Å². The molecule has 1 heterocycles. The van der Waals surface area contributed by atoms with Gasteiger partial charge in [0.25, 0.3) is 0 Å². The Balaban J connectivity index is 2.08. The number of rotatable bonds is 3. The van der Waals surface area contributed by atoms with Gasteiger partial charge < -0.3 is 16.0 Å². The third-order valence-electron chi connectivity index (χ3n) is 3.82. The second kappa shape index (κ2) is 3.76. The number of carbonyl (C=O) groups excluding carboxylic acids is 1. The van der Waals surface area contributed by atoms with E-state index in [9.17, 15) is 4.79 Å². The van der Waals surface area contributed by atoms with Gasteiger partial charge in [-0.2, -0.15) is 0 Å². The zero-order valence-electron chi connectivity index (χ0n) is 9.62. The lowest BCUT2D eigenvalue weighted by molar-refractivity contribution is -0.127. The molecule has 2 atom stereocenters. The van der Waals surface area contributed by atoms with E-state index in [4.69, 9.17) is 5.73 Å². The van der Waals surface area contributed by atoms with Crippen LogP contribution in [0.15, 0.2) is 0 Å². The molecule has 0 bridgehead atoms. The van der Waals surface area contributed by atoms with Crippen LogP contribution in [0.5, 0.6) is 0 Å². The van der Waals surface area contributed by atoms with Crippen molar-refractivity contribution in [1.29, 1.82) is 0 Å². The van der Waals surface area contributed by atoms with E-state index in [-0.39, 0.29) is 5.91 Å². The van der Waals surface area contributed by atoms with Crippen LogP contribution in [0.4, 0.5) is 0 Å². The van der Waals surface area contributed by atoms with Gasteiger partial charge in [0, 0.05) is 18.6 Å². The molecule has 2 unspecified atom stereocenters. The summed E-state index contributed by atoms with van der Waals surface area (Å²) >= 11 is 0. The first-order chi connectivity index (χ1) is 7.03. The Morgan fingerprint density at radius 1 is 1.53 bits per heavy atom. The molecule has 4 nitrogen and oxygen atoms in total. The van der Waals surface area contributed by atoms with Gasteiger partial charge in [-0.15, -0.1) is 0 Å². The zero-order chi connectivity index (χ0) is 11.1. The first kappa shape index (κ1) is 10.9. The highest BCUT2D eigenvalue weighted by Crippen LogP contribution is 2.30. The predicted octanol–water partition coefficient (Wildman–Crippen LogP) is 0.0766. The van der Waals surface area contributed by atoms with E-state index in [2.05, 4.69) is 24.2 Å². The van der Waals surface area contributed by atoms with Gasteiger partial charge in [-0.05, 0) is 39.7 Å². The van der Waals surface area contributed by atoms with E-state index in [1.54, 1.807) is 0 Å². The molecule has 4 heteroatoms. The molecule has 0 aromatic rings. The number of likely N-dealkylation sites (tertiary alicyclic amines) is 1. The van der Waals surface area contributed by atoms with Crippen molar-refractivity contribution in [1.82, 2.24) is 10.2 Å². The van der Waals surface area contributed by atoms with E-state index >= 15 is 0 Å². The Kier molecular flexibility index (Phi) is 2.73. The SMILES string of the molecule is CC1CC(NC2CC2)(C(N)=O)CCN1C. The topological polar surface area (TPSA) is 58.4 Å². The van der Waals surface area contributed by atoms with Crippen molar-refractivity contribution in [2.45, 2.75) is 50.2 Å². The summed E-state index contributed by atoms with van der Waals surface area (Å²) < 4.78 is 0. The lowest BCUT2D eigenvalue weighted by Gasteiger charge is -2.43. The van der Waals surface area contributed by atoms with Crippen molar-refractivity contribution in [3.63, 3.8) is 0 Å². The molecule has 2 aliphatic rings. The molecule has 0 aromatic heterocycles. The fourth-order valence-corrected chi connectivity index (χ4v) is 2.39. The van der Waals surface area contributed by atoms with Crippen LogP contribution in [-0.4, -0.2) is 42.0 Å². The maximum absolute atomic E-state index is 11.6. The monoisotopic (exact) mass is 211 g/mol. The Bertz CT molecular complexity index is 265. The molecule has 0 aromatic carbocycles. The summed E-state index contributed by atoms with van der Waals surface area (Å²) in [5, 5.41) is 3.46. The summed E-state index contributed by atoms with van der Waals surface area (Å²) in [5.74, 6) is -0.172. The standard InChI is InChI=1S/C11H21N3O/c1-8-7-11(10(12)15,5-6-14(8)2)13-9-3-4-9/h8-9,13H,3-7H2,1-2H3,(H2,12,15). The van der Waals surface area contributed by atoms with Crippen LogP contribution in [0.1, 0.15) is 32.6 Å². The average Bonchev–Trinajstić information content (AvgIpc) is 2.95. The minimum Gasteiger partial charge on any atom is -0.368 e. The fraction of sp³-hybridized carbons (Fsp3) is 0.909. The van der Waals surface area contributed by atoms with Gasteiger partial charge in [0.15, 0.2) is 0 Å². The molecule has 15 heavy (non-hydrogen) atoms. The molecule has 2 rings (SSSR count). The molecule has 1 saturated carbocycles. The van der Waals surface area contributed by atoms with E-state index in [0.717, 1.165) is 19.4 Å². The van der Waals surface area contributed by atoms with Crippen molar-refractivity contribution in [3.8, 4) is 0 Å². The molecular weight excluding hydrogens is 190 g/mol. The van der Waals surface area contributed by atoms with Crippen LogP contribution >= 0.6 is 0 Å². The normalized spacial score (nSPS) is 37.9. The summed E-state index contributed by atoms with van der Waals surface area (Å²) in [7, 11) is 2.10. The van der Waals surface area contributed by atoms with Crippen molar-refractivity contribution < 1.29 is 4.79 Å². The lowest BCUT2D eigenvalue weighted by atomic mass is 9.83. The second-order valence-electron chi connectivity index (χ2n) is 5.15. The molecule has 1 amide bonds. The van der Waals surface area contributed by atoms with Crippen LogP contribution in [0.3, 0.4) is 0 Å². The Morgan fingerprint density at radius 3 is 2.67 bits per heavy atom. The third kappa shape index (κ3) is 2.16. The van der Waals surface area contributed by atoms with Gasteiger partial charge in [-0.25, -0.2) is 0 Å². The molecule has 1 aliphatic carbocycles. The smallest absolute Gasteiger partial charge is 0.237 e. The molecule has 86 valence electrons. The Morgan fingerprint density at radius 2 is 2.20 bits per heavy atom. The molecule has 1 aliphatic heterocycles. The first-order valence-electron chi connectivity index (χ1n) is 5.81. The number of nitrogens with two attached hydrogens (primary N) is 1. The van der Waals surface area contributed by atoms with E-state index < -0.39 is 5.54 Å². The number of nitrogens with zero attached hydrogens (tertiary/aromatic N) is 1. The number of nitrogens with one attached hydrogen (secondary N) is 1. The first-order valence-corrected chi connectivity index (χ1v) is 5.81. The predicted molar refractivity (Wildman–Crippen MR) is 59.4 cm³/mol. The quantitative estimate of drug-likeness (QED) is 0.695. The summed E-state index contributed by atoms with van der Waals surface area (Å²) in [4.78, 5) is 13.9. The fourth-order valence-electron chi connectivity index (χ4n) is 2.39. The number of carbonyl (C=O) groups is 1. The van der Waals surface area contributed by atoms with Gasteiger partial charge in [0.2, 0.25) is 5.91 Å². The maximum atomic E-state index is 11.6. The molecule has 2 fully saturated rings. The van der Waals surface area contributed by atoms with Gasteiger partial charge in [-0.3, -0.25) is 4.79 Å². The van der Waals surface area contributed by atoms with Gasteiger partial charge in [0.05, 0.1) is 0 Å². The van der Waals surface area contributed by atoms with Crippen molar-refractivity contribution in [2.75, 3.05) is 13.6 Å². The minimum atomic E-state index is -0.437. The number of hydrogen-bond acceptors (Lipinski definition) is 3. The van der Waals surface area contributed by atoms with Crippen LogP contribution in [-0.2, 0) is 4.79 Å². The molecular formula is C11H21N3O. The summed E-state index contributed by atoms with van der Waals surface area (Å²) in [6.07, 6.45) is 4.08. The van der Waals surface area contributed by atoms with Crippen LogP contribution in [0.2, 0.25) is 0 Å². The Labute approximate surface area is 91.2 Å². The van der Waals surface area contributed by atoms with Crippen molar-refractivity contribution in [3.05, 3.63) is 0 Å². The van der Waals surface area contributed by atoms with E-state index in [1.807, 2.05) is 0 Å². The molecule has 0 spiro atoms. The largest absolute Gasteiger partial charge is 0.368 e. The molecule has 0 radical (unpaired) electrons. The zero-order valence-corrected chi connectivity index (χ0v) is 9.62. The summed E-state index contributed by atoms with van der Waals surface area (Å²) in [6.45, 7) is 3.11. The number of amides is 1. The van der Waals surface area contributed by atoms with Gasteiger partial charge in [-0.1, -0.05) is 0 Å². The highest BCUT2D eigenvalue weighted by atomic mass is 16.1. The lowest BCUT2D eigenvalue weighted by Crippen LogP contribution is -2.62. The summed E-state index contributed by atoms with van der Waals surface area (Å²) in [5.41, 5.74) is 5.13. The van der Waals surface area contributed by atoms with Gasteiger partial charge >= 0.3 is 0 Å². The van der Waals surface area contributed by atoms with Crippen LogP contribution in [0.25, 0.3) is 0 Å². The highest BCUT2D eigenvalue weighted by molar-refractivity contribution is 5.85. The number of primary amides is 1. The number of piperidine rings is 1. The van der Waals surface area contributed by atoms with Crippen molar-refractivity contribution >= 4 is 5.91 Å². The molecule has 3 N–H and O–H groups in total. The Hall–Kier alpha value is -0.610. The highest BCUT2D eigenvalue weighted by Gasteiger charge is 2.44. The second-order valence-corrected chi connectivity index (χ2v) is 5.15. The average molecular weight is 211 g/mol. The van der Waals surface area contributed by atoms with E-state index in [0.29, 0.717) is 12.1 Å². The molecule has 1 saturated heterocycles. The number of hydrogen-bond donors (Lipinski definition) is 2. The maximum Gasteiger partial charge on any atom is 0.237 e. The van der Waals surface area contributed by atoms with Crippen LogP contribution < -0.4 is 11.1 Å². The van der Waals surface area contributed by atoms with E-state index in [1.165, 1.54) is 12.8 Å². The minimum absolute atomic E-state index is 0.172. The van der Waals surface area contributed by atoms with Gasteiger partial charge in [0.1, 0.15) is 5.54 Å². The third-order valence-corrected chi connectivity index (χ3v) is 3.82. The summed E-state index contributed by atoms with van der Waals surface area (Å²) in [6, 6.07) is 0.964.